The van der Waals surface area contributed by atoms with Crippen molar-refractivity contribution in [3.05, 3.63) is 0 Å². The molecule has 1 amide bonds. The Morgan fingerprint density at radius 1 is 1.60 bits per heavy atom. The molecule has 1 saturated heterocycles. The van der Waals surface area contributed by atoms with Crippen LogP contribution in [-0.2, 0) is 9.59 Å². The van der Waals surface area contributed by atoms with Gasteiger partial charge in [0, 0.05) is 13.1 Å². The Bertz CT molecular complexity index is 243. The normalized spacial score (nSPS) is 21.8. The zero-order valence-electron chi connectivity index (χ0n) is 9.03. The fourth-order valence-electron chi connectivity index (χ4n) is 1.64. The summed E-state index contributed by atoms with van der Waals surface area (Å²) >= 11 is 0. The zero-order valence-corrected chi connectivity index (χ0v) is 9.03. The van der Waals surface area contributed by atoms with E-state index >= 15 is 0 Å². The van der Waals surface area contributed by atoms with E-state index in [-0.39, 0.29) is 19.0 Å². The van der Waals surface area contributed by atoms with Crippen LogP contribution < -0.4 is 5.32 Å². The lowest BCUT2D eigenvalue weighted by atomic mass is 10.2. The Kier molecular flexibility index (Phi) is 4.55. The maximum Gasteiger partial charge on any atom is 0.322 e. The van der Waals surface area contributed by atoms with Crippen LogP contribution in [0.25, 0.3) is 0 Å². The van der Waals surface area contributed by atoms with Crippen LogP contribution in [0.15, 0.2) is 0 Å². The Morgan fingerprint density at radius 3 is 2.93 bits per heavy atom. The van der Waals surface area contributed by atoms with Crippen molar-refractivity contribution in [3.63, 3.8) is 0 Å². The van der Waals surface area contributed by atoms with E-state index in [0.29, 0.717) is 6.54 Å². The summed E-state index contributed by atoms with van der Waals surface area (Å²) in [5, 5.41) is 11.5. The first-order valence-electron chi connectivity index (χ1n) is 5.39. The number of carboxylic acid groups (broad SMARTS) is 1. The Morgan fingerprint density at radius 2 is 2.33 bits per heavy atom. The minimum Gasteiger partial charge on any atom is -0.480 e. The fraction of sp³-hybridized carbons (Fsp3) is 0.800. The van der Waals surface area contributed by atoms with Gasteiger partial charge in [0.1, 0.15) is 6.04 Å². The van der Waals surface area contributed by atoms with Crippen LogP contribution in [0, 0.1) is 0 Å². The van der Waals surface area contributed by atoms with Crippen LogP contribution in [0.3, 0.4) is 0 Å². The first kappa shape index (κ1) is 12.0. The van der Waals surface area contributed by atoms with Gasteiger partial charge in [-0.1, -0.05) is 19.8 Å². The van der Waals surface area contributed by atoms with E-state index in [0.717, 1.165) is 19.3 Å². The van der Waals surface area contributed by atoms with Gasteiger partial charge in [-0.3, -0.25) is 14.9 Å². The lowest BCUT2D eigenvalue weighted by Crippen LogP contribution is -2.57. The van der Waals surface area contributed by atoms with E-state index in [9.17, 15) is 9.59 Å². The maximum absolute atomic E-state index is 11.4. The zero-order chi connectivity index (χ0) is 11.3. The molecule has 1 unspecified atom stereocenters. The molecule has 1 fully saturated rings. The molecule has 0 aromatic carbocycles. The number of hydrogen-bond acceptors (Lipinski definition) is 3. The summed E-state index contributed by atoms with van der Waals surface area (Å²) < 4.78 is 0. The minimum absolute atomic E-state index is 0.00334. The van der Waals surface area contributed by atoms with Gasteiger partial charge in [-0.2, -0.15) is 0 Å². The van der Waals surface area contributed by atoms with Gasteiger partial charge in [-0.05, 0) is 6.42 Å². The highest BCUT2D eigenvalue weighted by atomic mass is 16.4. The van der Waals surface area contributed by atoms with E-state index in [1.165, 1.54) is 0 Å². The monoisotopic (exact) mass is 214 g/mol. The van der Waals surface area contributed by atoms with E-state index in [1.807, 2.05) is 0 Å². The highest BCUT2D eigenvalue weighted by Gasteiger charge is 2.28. The largest absolute Gasteiger partial charge is 0.480 e. The predicted octanol–water partition coefficient (Wildman–Crippen LogP) is 0.0616. The third kappa shape index (κ3) is 3.51. The molecule has 15 heavy (non-hydrogen) atoms. The highest BCUT2D eigenvalue weighted by Crippen LogP contribution is 2.04. The number of hydrogen-bond donors (Lipinski definition) is 2. The second-order valence-corrected chi connectivity index (χ2v) is 3.82. The van der Waals surface area contributed by atoms with Gasteiger partial charge in [-0.25, -0.2) is 0 Å². The van der Waals surface area contributed by atoms with Crippen LogP contribution in [0.1, 0.15) is 26.2 Å². The molecule has 1 rings (SSSR count). The van der Waals surface area contributed by atoms with Gasteiger partial charge in [0.2, 0.25) is 5.91 Å². The number of aliphatic carboxylic acids is 1. The fourth-order valence-corrected chi connectivity index (χ4v) is 1.64. The highest BCUT2D eigenvalue weighted by molar-refractivity contribution is 5.83. The summed E-state index contributed by atoms with van der Waals surface area (Å²) in [4.78, 5) is 23.8. The second-order valence-electron chi connectivity index (χ2n) is 3.82. The van der Waals surface area contributed by atoms with Crippen molar-refractivity contribution < 1.29 is 14.7 Å². The molecule has 1 aliphatic heterocycles. The van der Waals surface area contributed by atoms with Gasteiger partial charge in [0.25, 0.3) is 0 Å². The number of nitrogens with zero attached hydrogens (tertiary/aromatic N) is 1. The molecule has 5 nitrogen and oxygen atoms in total. The lowest BCUT2D eigenvalue weighted by molar-refractivity contribution is -0.144. The van der Waals surface area contributed by atoms with Crippen LogP contribution >= 0.6 is 0 Å². The smallest absolute Gasteiger partial charge is 0.322 e. The number of piperazine rings is 1. The minimum atomic E-state index is -0.886. The molecule has 1 atom stereocenters. The Balaban J connectivity index is 2.39. The van der Waals surface area contributed by atoms with E-state index in [2.05, 4.69) is 12.2 Å². The average molecular weight is 214 g/mol. The molecule has 0 bridgehead atoms. The number of unbranched alkanes of at least 4 members (excludes halogenated alkanes) is 2. The second kappa shape index (κ2) is 5.70. The van der Waals surface area contributed by atoms with Gasteiger partial charge >= 0.3 is 5.97 Å². The molecule has 0 aromatic heterocycles. The molecular weight excluding hydrogens is 196 g/mol. The molecule has 2 N–H and O–H groups in total. The van der Waals surface area contributed by atoms with E-state index < -0.39 is 12.0 Å². The van der Waals surface area contributed by atoms with Crippen LogP contribution in [0.2, 0.25) is 0 Å². The Labute approximate surface area is 89.4 Å². The summed E-state index contributed by atoms with van der Waals surface area (Å²) in [6, 6.07) is -0.607. The van der Waals surface area contributed by atoms with Crippen molar-refractivity contribution in [2.24, 2.45) is 0 Å². The van der Waals surface area contributed by atoms with Gasteiger partial charge in [0.15, 0.2) is 0 Å². The van der Waals surface area contributed by atoms with Crippen LogP contribution in [0.5, 0.6) is 0 Å². The molecule has 86 valence electrons. The number of carbonyl (C=O) groups is 2. The molecule has 5 heteroatoms. The molecule has 0 aliphatic carbocycles. The van der Waals surface area contributed by atoms with Crippen molar-refractivity contribution in [2.45, 2.75) is 32.2 Å². The first-order chi connectivity index (χ1) is 7.15. The summed E-state index contributed by atoms with van der Waals surface area (Å²) in [6.45, 7) is 3.21. The molecule has 0 spiro atoms. The molecule has 1 heterocycles. The number of nitrogens with one attached hydrogen (secondary N) is 1. The molecule has 0 aromatic rings. The third-order valence-corrected chi connectivity index (χ3v) is 2.59. The van der Waals surface area contributed by atoms with E-state index in [1.54, 1.807) is 4.90 Å². The standard InChI is InChI=1S/C10H18N2O3/c1-2-3-4-5-12-7-8(10(14)15)11-6-9(12)13/h8,11H,2-7H2,1H3,(H,14,15). The number of rotatable bonds is 5. The van der Waals surface area contributed by atoms with Crippen LogP contribution in [-0.4, -0.2) is 47.6 Å². The van der Waals surface area contributed by atoms with Crippen molar-refractivity contribution in [3.8, 4) is 0 Å². The number of carbonyl (C=O) groups excluding carboxylic acids is 1. The average Bonchev–Trinajstić information content (AvgIpc) is 2.20. The van der Waals surface area contributed by atoms with Gasteiger partial charge in [0.05, 0.1) is 6.54 Å². The Hall–Kier alpha value is -1.10. The molecular formula is C10H18N2O3. The molecule has 1 aliphatic rings. The maximum atomic E-state index is 11.4. The summed E-state index contributed by atoms with van der Waals surface area (Å²) in [5.74, 6) is -0.883. The predicted molar refractivity (Wildman–Crippen MR) is 55.5 cm³/mol. The quantitative estimate of drug-likeness (QED) is 0.635. The molecule has 0 saturated carbocycles. The van der Waals surface area contributed by atoms with Crippen molar-refractivity contribution in [2.75, 3.05) is 19.6 Å². The topological polar surface area (TPSA) is 69.6 Å². The van der Waals surface area contributed by atoms with Crippen LogP contribution in [0.4, 0.5) is 0 Å². The van der Waals surface area contributed by atoms with Crippen molar-refractivity contribution in [1.29, 1.82) is 0 Å². The van der Waals surface area contributed by atoms with E-state index in [4.69, 9.17) is 5.11 Å². The molecule has 0 radical (unpaired) electrons. The van der Waals surface area contributed by atoms with Gasteiger partial charge < -0.3 is 10.0 Å². The number of carboxylic acids is 1. The third-order valence-electron chi connectivity index (χ3n) is 2.59. The van der Waals surface area contributed by atoms with Crippen molar-refractivity contribution in [1.82, 2.24) is 10.2 Å². The summed E-state index contributed by atoms with van der Waals surface area (Å²) in [6.07, 6.45) is 3.13. The summed E-state index contributed by atoms with van der Waals surface area (Å²) in [5.41, 5.74) is 0. The first-order valence-corrected chi connectivity index (χ1v) is 5.39. The number of amides is 1. The lowest BCUT2D eigenvalue weighted by Gasteiger charge is -2.31. The van der Waals surface area contributed by atoms with Crippen molar-refractivity contribution >= 4 is 11.9 Å². The summed E-state index contributed by atoms with van der Waals surface area (Å²) in [7, 11) is 0. The SMILES string of the molecule is CCCCCN1CC(C(=O)O)NCC1=O. The van der Waals surface area contributed by atoms with Gasteiger partial charge in [-0.15, -0.1) is 0 Å².